The van der Waals surface area contributed by atoms with E-state index in [2.05, 4.69) is 12.2 Å². The van der Waals surface area contributed by atoms with Crippen LogP contribution in [0.3, 0.4) is 0 Å². The fourth-order valence-electron chi connectivity index (χ4n) is 2.69. The van der Waals surface area contributed by atoms with Gasteiger partial charge in [-0.25, -0.2) is 4.79 Å². The molecule has 0 saturated carbocycles. The number of rotatable bonds is 2. The van der Waals surface area contributed by atoms with E-state index in [0.717, 1.165) is 35.9 Å². The standard InChI is InChI=1S/C16H16ClNO2/c1-2-20-16(19)14-10-12-13(17)8-7-11-6-4-3-5-9-18(14)15(11)12/h4,6-8,10H,2-3,5,9H2,1H3/b6-4-. The van der Waals surface area contributed by atoms with E-state index in [1.807, 2.05) is 29.7 Å². The quantitative estimate of drug-likeness (QED) is 0.773. The van der Waals surface area contributed by atoms with Crippen molar-refractivity contribution in [2.24, 2.45) is 0 Å². The molecule has 2 aromatic rings. The maximum absolute atomic E-state index is 12.1. The zero-order chi connectivity index (χ0) is 14.1. The third-order valence-electron chi connectivity index (χ3n) is 3.57. The maximum atomic E-state index is 12.1. The van der Waals surface area contributed by atoms with Gasteiger partial charge in [-0.3, -0.25) is 0 Å². The molecule has 4 heteroatoms. The number of carbonyl (C=O) groups is 1. The molecular weight excluding hydrogens is 274 g/mol. The molecule has 1 aliphatic rings. The summed E-state index contributed by atoms with van der Waals surface area (Å²) in [6.07, 6.45) is 6.27. The van der Waals surface area contributed by atoms with Crippen molar-refractivity contribution >= 4 is 34.5 Å². The molecule has 0 aliphatic carbocycles. The fourth-order valence-corrected chi connectivity index (χ4v) is 2.90. The Morgan fingerprint density at radius 3 is 3.10 bits per heavy atom. The maximum Gasteiger partial charge on any atom is 0.354 e. The number of nitrogens with zero attached hydrogens (tertiary/aromatic N) is 1. The van der Waals surface area contributed by atoms with E-state index < -0.39 is 0 Å². The summed E-state index contributed by atoms with van der Waals surface area (Å²) in [4.78, 5) is 12.1. The van der Waals surface area contributed by atoms with Gasteiger partial charge in [0.15, 0.2) is 0 Å². The molecule has 1 aliphatic heterocycles. The topological polar surface area (TPSA) is 31.2 Å². The summed E-state index contributed by atoms with van der Waals surface area (Å²) < 4.78 is 7.19. The molecule has 2 heterocycles. The molecule has 3 rings (SSSR count). The van der Waals surface area contributed by atoms with Gasteiger partial charge in [-0.15, -0.1) is 0 Å². The van der Waals surface area contributed by atoms with Crippen molar-refractivity contribution in [1.82, 2.24) is 4.57 Å². The van der Waals surface area contributed by atoms with Crippen molar-refractivity contribution in [1.29, 1.82) is 0 Å². The predicted molar refractivity (Wildman–Crippen MR) is 81.2 cm³/mol. The Labute approximate surface area is 122 Å². The minimum atomic E-state index is -0.282. The molecule has 1 aromatic heterocycles. The van der Waals surface area contributed by atoms with Crippen LogP contribution in [0.2, 0.25) is 5.02 Å². The molecule has 0 saturated heterocycles. The molecule has 1 aromatic carbocycles. The van der Waals surface area contributed by atoms with Crippen LogP contribution in [-0.4, -0.2) is 17.1 Å². The highest BCUT2D eigenvalue weighted by Gasteiger charge is 2.20. The number of esters is 1. The predicted octanol–water partition coefficient (Wildman–Crippen LogP) is 4.28. The third-order valence-corrected chi connectivity index (χ3v) is 3.90. The van der Waals surface area contributed by atoms with Gasteiger partial charge in [0.05, 0.1) is 17.1 Å². The highest BCUT2D eigenvalue weighted by molar-refractivity contribution is 6.35. The summed E-state index contributed by atoms with van der Waals surface area (Å²) in [6, 6.07) is 5.72. The van der Waals surface area contributed by atoms with E-state index in [9.17, 15) is 4.79 Å². The van der Waals surface area contributed by atoms with Gasteiger partial charge in [-0.1, -0.05) is 29.8 Å². The van der Waals surface area contributed by atoms with Gasteiger partial charge in [0.25, 0.3) is 0 Å². The van der Waals surface area contributed by atoms with Crippen LogP contribution >= 0.6 is 11.6 Å². The molecule has 0 unspecified atom stereocenters. The van der Waals surface area contributed by atoms with Crippen molar-refractivity contribution in [2.45, 2.75) is 26.3 Å². The van der Waals surface area contributed by atoms with Crippen molar-refractivity contribution in [3.8, 4) is 0 Å². The van der Waals surface area contributed by atoms with E-state index in [1.165, 1.54) is 0 Å². The number of allylic oxidation sites excluding steroid dienone is 1. The first-order valence-corrected chi connectivity index (χ1v) is 7.25. The molecule has 3 nitrogen and oxygen atoms in total. The molecule has 0 atom stereocenters. The van der Waals surface area contributed by atoms with Gasteiger partial charge in [0.1, 0.15) is 5.69 Å². The van der Waals surface area contributed by atoms with Crippen LogP contribution in [0.1, 0.15) is 35.8 Å². The first-order chi connectivity index (χ1) is 9.72. The molecule has 0 fully saturated rings. The Bertz CT molecular complexity index is 700. The summed E-state index contributed by atoms with van der Waals surface area (Å²) in [6.45, 7) is 2.99. The zero-order valence-electron chi connectivity index (χ0n) is 11.4. The van der Waals surface area contributed by atoms with E-state index >= 15 is 0 Å². The highest BCUT2D eigenvalue weighted by atomic mass is 35.5. The number of benzene rings is 1. The number of aryl methyl sites for hydroxylation is 1. The van der Waals surface area contributed by atoms with Gasteiger partial charge in [0.2, 0.25) is 0 Å². The van der Waals surface area contributed by atoms with Crippen LogP contribution in [0, 0.1) is 0 Å². The number of halogens is 1. The number of hydrogen-bond donors (Lipinski definition) is 0. The molecule has 0 radical (unpaired) electrons. The Morgan fingerprint density at radius 2 is 2.30 bits per heavy atom. The first-order valence-electron chi connectivity index (χ1n) is 6.87. The lowest BCUT2D eigenvalue weighted by molar-refractivity contribution is 0.0514. The Balaban J connectivity index is 2.29. The zero-order valence-corrected chi connectivity index (χ0v) is 12.1. The number of aromatic nitrogens is 1. The molecule has 0 N–H and O–H groups in total. The second kappa shape index (κ2) is 5.33. The summed E-state index contributed by atoms with van der Waals surface area (Å²) in [5.74, 6) is -0.282. The lowest BCUT2D eigenvalue weighted by atomic mass is 10.1. The summed E-state index contributed by atoms with van der Waals surface area (Å²) in [5.41, 5.74) is 2.71. The van der Waals surface area contributed by atoms with Gasteiger partial charge < -0.3 is 9.30 Å². The van der Waals surface area contributed by atoms with Crippen molar-refractivity contribution in [2.75, 3.05) is 6.61 Å². The van der Waals surface area contributed by atoms with E-state index in [1.54, 1.807) is 0 Å². The lowest BCUT2D eigenvalue weighted by Gasteiger charge is -2.13. The molecule has 0 amide bonds. The SMILES string of the molecule is CCOC(=O)c1cc2c(Cl)ccc3c2n1CCC/C=C\3. The van der Waals surface area contributed by atoms with E-state index in [4.69, 9.17) is 16.3 Å². The van der Waals surface area contributed by atoms with Crippen molar-refractivity contribution in [3.63, 3.8) is 0 Å². The largest absolute Gasteiger partial charge is 0.461 e. The Kier molecular flexibility index (Phi) is 3.53. The molecule has 20 heavy (non-hydrogen) atoms. The minimum absolute atomic E-state index is 0.282. The van der Waals surface area contributed by atoms with Crippen LogP contribution in [0.25, 0.3) is 17.0 Å². The second-order valence-electron chi connectivity index (χ2n) is 4.85. The summed E-state index contributed by atoms with van der Waals surface area (Å²) >= 11 is 6.28. The van der Waals surface area contributed by atoms with Gasteiger partial charge in [-0.05, 0) is 37.5 Å². The Hall–Kier alpha value is -1.74. The average molecular weight is 290 g/mol. The monoisotopic (exact) mass is 289 g/mol. The van der Waals surface area contributed by atoms with E-state index in [-0.39, 0.29) is 5.97 Å². The molecular formula is C16H16ClNO2. The van der Waals surface area contributed by atoms with Crippen LogP contribution in [-0.2, 0) is 11.3 Å². The summed E-state index contributed by atoms with van der Waals surface area (Å²) in [5, 5.41) is 1.58. The first kappa shape index (κ1) is 13.3. The number of ether oxygens (including phenoxy) is 1. The average Bonchev–Trinajstić information content (AvgIpc) is 2.78. The minimum Gasteiger partial charge on any atom is -0.461 e. The second-order valence-corrected chi connectivity index (χ2v) is 5.25. The van der Waals surface area contributed by atoms with E-state index in [0.29, 0.717) is 17.3 Å². The molecule has 104 valence electrons. The Morgan fingerprint density at radius 1 is 1.45 bits per heavy atom. The lowest BCUT2D eigenvalue weighted by Crippen LogP contribution is -2.13. The smallest absolute Gasteiger partial charge is 0.354 e. The fraction of sp³-hybridized carbons (Fsp3) is 0.312. The molecule has 0 spiro atoms. The van der Waals surface area contributed by atoms with Gasteiger partial charge in [0, 0.05) is 11.9 Å². The highest BCUT2D eigenvalue weighted by Crippen LogP contribution is 2.32. The van der Waals surface area contributed by atoms with Crippen molar-refractivity contribution in [3.05, 3.63) is 40.6 Å². The van der Waals surface area contributed by atoms with Crippen LogP contribution in [0.4, 0.5) is 0 Å². The number of hydrogen-bond acceptors (Lipinski definition) is 2. The van der Waals surface area contributed by atoms with Crippen LogP contribution in [0.15, 0.2) is 24.3 Å². The van der Waals surface area contributed by atoms with Gasteiger partial charge >= 0.3 is 5.97 Å². The van der Waals surface area contributed by atoms with Gasteiger partial charge in [-0.2, -0.15) is 0 Å². The summed E-state index contributed by atoms with van der Waals surface area (Å²) in [7, 11) is 0. The molecule has 0 bridgehead atoms. The normalized spacial score (nSPS) is 15.7. The van der Waals surface area contributed by atoms with Crippen LogP contribution < -0.4 is 0 Å². The number of carbonyl (C=O) groups excluding carboxylic acids is 1. The third kappa shape index (κ3) is 2.12. The van der Waals surface area contributed by atoms with Crippen molar-refractivity contribution < 1.29 is 9.53 Å². The van der Waals surface area contributed by atoms with Crippen LogP contribution in [0.5, 0.6) is 0 Å².